The number of benzene rings is 1. The molecule has 4 rings (SSSR count). The van der Waals surface area contributed by atoms with E-state index in [-0.39, 0.29) is 11.8 Å². The maximum Gasteiger partial charge on any atom is 0.257 e. The zero-order chi connectivity index (χ0) is 20.4. The summed E-state index contributed by atoms with van der Waals surface area (Å²) in [5, 5.41) is 4.72. The molecule has 152 valence electrons. The highest BCUT2D eigenvalue weighted by Crippen LogP contribution is 2.35. The minimum Gasteiger partial charge on any atom is -0.493 e. The number of methoxy groups -OCH3 is 2. The molecule has 9 nitrogen and oxygen atoms in total. The number of hydrogen-bond acceptors (Lipinski definition) is 7. The van der Waals surface area contributed by atoms with Gasteiger partial charge in [0.1, 0.15) is 5.52 Å². The number of nitrogens with zero attached hydrogens (tertiary/aromatic N) is 5. The summed E-state index contributed by atoms with van der Waals surface area (Å²) in [6.45, 7) is 2.24. The molecule has 2 aromatic heterocycles. The van der Waals surface area contributed by atoms with Gasteiger partial charge in [-0.3, -0.25) is 4.79 Å². The molecule has 1 aliphatic rings. The molecule has 9 heteroatoms. The maximum absolute atomic E-state index is 13.2. The molecule has 1 atom stereocenters. The van der Waals surface area contributed by atoms with Crippen molar-refractivity contribution in [1.29, 1.82) is 0 Å². The van der Waals surface area contributed by atoms with E-state index in [2.05, 4.69) is 9.97 Å². The highest BCUT2D eigenvalue weighted by Gasteiger charge is 2.33. The molecule has 2 N–H and O–H groups in total. The standard InChI is InChI=1S/C20H24N6O3/c1-28-15-5-3-4-14(18(15)29-2)20(27)25-10-6-13(12-25)16-17-19(23-9-8-22-17)26(24-16)11-7-21/h3-5,8-9,13H,6-7,10-12,21H2,1-2H3/t13-/m1/s1. The van der Waals surface area contributed by atoms with Crippen LogP contribution in [-0.2, 0) is 6.54 Å². The number of para-hydroxylation sites is 1. The second kappa shape index (κ2) is 8.04. The van der Waals surface area contributed by atoms with Gasteiger partial charge in [-0.1, -0.05) is 6.07 Å². The molecule has 29 heavy (non-hydrogen) atoms. The summed E-state index contributed by atoms with van der Waals surface area (Å²) in [5.41, 5.74) is 8.57. The Morgan fingerprint density at radius 1 is 1.24 bits per heavy atom. The lowest BCUT2D eigenvalue weighted by Gasteiger charge is -2.19. The predicted octanol–water partition coefficient (Wildman–Crippen LogP) is 1.43. The van der Waals surface area contributed by atoms with Crippen LogP contribution in [0.5, 0.6) is 11.5 Å². The van der Waals surface area contributed by atoms with Crippen LogP contribution in [-0.4, -0.2) is 64.4 Å². The smallest absolute Gasteiger partial charge is 0.257 e. The molecular weight excluding hydrogens is 372 g/mol. The third-order valence-corrected chi connectivity index (χ3v) is 5.23. The van der Waals surface area contributed by atoms with Gasteiger partial charge < -0.3 is 20.1 Å². The quantitative estimate of drug-likeness (QED) is 0.671. The van der Waals surface area contributed by atoms with Crippen molar-refractivity contribution in [2.45, 2.75) is 18.9 Å². The predicted molar refractivity (Wildman–Crippen MR) is 107 cm³/mol. The molecule has 1 saturated heterocycles. The highest BCUT2D eigenvalue weighted by atomic mass is 16.5. The zero-order valence-corrected chi connectivity index (χ0v) is 16.5. The molecule has 1 aromatic carbocycles. The monoisotopic (exact) mass is 396 g/mol. The number of hydrogen-bond donors (Lipinski definition) is 1. The van der Waals surface area contributed by atoms with Crippen LogP contribution in [0.15, 0.2) is 30.6 Å². The van der Waals surface area contributed by atoms with Crippen molar-refractivity contribution in [1.82, 2.24) is 24.6 Å². The van der Waals surface area contributed by atoms with Crippen molar-refractivity contribution in [2.24, 2.45) is 5.73 Å². The third-order valence-electron chi connectivity index (χ3n) is 5.23. The SMILES string of the molecule is COc1cccc(C(=O)N2CC[C@@H](c3nn(CCN)c4nccnc34)C2)c1OC. The lowest BCUT2D eigenvalue weighted by atomic mass is 10.0. The minimum atomic E-state index is -0.0833. The Labute approximate surface area is 168 Å². The van der Waals surface area contributed by atoms with E-state index in [9.17, 15) is 4.79 Å². The van der Waals surface area contributed by atoms with E-state index in [1.807, 2.05) is 4.90 Å². The van der Waals surface area contributed by atoms with Crippen molar-refractivity contribution in [2.75, 3.05) is 33.9 Å². The van der Waals surface area contributed by atoms with Crippen molar-refractivity contribution in [3.05, 3.63) is 41.9 Å². The number of carbonyl (C=O) groups is 1. The fourth-order valence-electron chi connectivity index (χ4n) is 3.87. The number of fused-ring (bicyclic) bond motifs is 1. The van der Waals surface area contributed by atoms with Gasteiger partial charge in [-0.15, -0.1) is 0 Å². The second-order valence-electron chi connectivity index (χ2n) is 6.90. The van der Waals surface area contributed by atoms with E-state index in [0.29, 0.717) is 43.2 Å². The van der Waals surface area contributed by atoms with Crippen LogP contribution >= 0.6 is 0 Å². The number of ether oxygens (including phenoxy) is 2. The Bertz CT molecular complexity index is 1030. The lowest BCUT2D eigenvalue weighted by Crippen LogP contribution is -2.29. The van der Waals surface area contributed by atoms with E-state index in [4.69, 9.17) is 20.3 Å². The highest BCUT2D eigenvalue weighted by molar-refractivity contribution is 5.98. The summed E-state index contributed by atoms with van der Waals surface area (Å²) in [6.07, 6.45) is 4.13. The molecule has 3 heterocycles. The molecule has 0 bridgehead atoms. The zero-order valence-electron chi connectivity index (χ0n) is 16.5. The maximum atomic E-state index is 13.2. The van der Waals surface area contributed by atoms with Crippen molar-refractivity contribution in [3.63, 3.8) is 0 Å². The molecule has 1 amide bonds. The number of amides is 1. The van der Waals surface area contributed by atoms with Crippen LogP contribution in [0.3, 0.4) is 0 Å². The summed E-state index contributed by atoms with van der Waals surface area (Å²) in [4.78, 5) is 23.9. The van der Waals surface area contributed by atoms with Gasteiger partial charge in [0.05, 0.1) is 32.0 Å². The molecule has 3 aromatic rings. The first-order chi connectivity index (χ1) is 14.2. The van der Waals surface area contributed by atoms with Gasteiger partial charge >= 0.3 is 0 Å². The van der Waals surface area contributed by atoms with Crippen molar-refractivity contribution in [3.8, 4) is 11.5 Å². The van der Waals surface area contributed by atoms with E-state index in [0.717, 1.165) is 23.3 Å². The summed E-state index contributed by atoms with van der Waals surface area (Å²) in [5.74, 6) is 0.997. The molecule has 1 fully saturated rings. The molecule has 1 aliphatic heterocycles. The fraction of sp³-hybridized carbons (Fsp3) is 0.400. The van der Waals surface area contributed by atoms with Crippen LogP contribution in [0.1, 0.15) is 28.4 Å². The van der Waals surface area contributed by atoms with Crippen LogP contribution < -0.4 is 15.2 Å². The number of aromatic nitrogens is 4. The number of rotatable bonds is 6. The van der Waals surface area contributed by atoms with Crippen LogP contribution in [0.4, 0.5) is 0 Å². The van der Waals surface area contributed by atoms with Crippen LogP contribution in [0.25, 0.3) is 11.2 Å². The largest absolute Gasteiger partial charge is 0.493 e. The second-order valence-corrected chi connectivity index (χ2v) is 6.90. The van der Waals surface area contributed by atoms with Gasteiger partial charge in [0.2, 0.25) is 0 Å². The van der Waals surface area contributed by atoms with Crippen LogP contribution in [0.2, 0.25) is 0 Å². The number of likely N-dealkylation sites (tertiary alicyclic amines) is 1. The average molecular weight is 396 g/mol. The van der Waals surface area contributed by atoms with Gasteiger partial charge in [0, 0.05) is 37.9 Å². The summed E-state index contributed by atoms with van der Waals surface area (Å²) < 4.78 is 12.5. The van der Waals surface area contributed by atoms with E-state index < -0.39 is 0 Å². The third kappa shape index (κ3) is 3.38. The van der Waals surface area contributed by atoms with Gasteiger partial charge in [-0.25, -0.2) is 14.6 Å². The Kier molecular flexibility index (Phi) is 5.30. The first-order valence-corrected chi connectivity index (χ1v) is 9.55. The Morgan fingerprint density at radius 2 is 2.07 bits per heavy atom. The summed E-state index contributed by atoms with van der Waals surface area (Å²) in [7, 11) is 3.10. The minimum absolute atomic E-state index is 0.0833. The first-order valence-electron chi connectivity index (χ1n) is 9.55. The normalized spacial score (nSPS) is 16.4. The molecule has 0 saturated carbocycles. The summed E-state index contributed by atoms with van der Waals surface area (Å²) in [6, 6.07) is 5.32. The molecule has 0 unspecified atom stereocenters. The molecular formula is C20H24N6O3. The molecule has 0 spiro atoms. The average Bonchev–Trinajstić information content (AvgIpc) is 3.38. The fourth-order valence-corrected chi connectivity index (χ4v) is 3.87. The van der Waals surface area contributed by atoms with Gasteiger partial charge in [-0.05, 0) is 18.6 Å². The van der Waals surface area contributed by atoms with E-state index in [1.165, 1.54) is 7.11 Å². The summed E-state index contributed by atoms with van der Waals surface area (Å²) >= 11 is 0. The number of nitrogens with two attached hydrogens (primary N) is 1. The van der Waals surface area contributed by atoms with Crippen LogP contribution in [0, 0.1) is 0 Å². The molecule has 0 radical (unpaired) electrons. The van der Waals surface area contributed by atoms with Crippen molar-refractivity contribution >= 4 is 17.1 Å². The van der Waals surface area contributed by atoms with Gasteiger partial charge in [-0.2, -0.15) is 5.10 Å². The Hall–Kier alpha value is -3.20. The van der Waals surface area contributed by atoms with Gasteiger partial charge in [0.15, 0.2) is 17.1 Å². The van der Waals surface area contributed by atoms with E-state index in [1.54, 1.807) is 42.4 Å². The van der Waals surface area contributed by atoms with E-state index >= 15 is 0 Å². The Morgan fingerprint density at radius 3 is 2.83 bits per heavy atom. The van der Waals surface area contributed by atoms with Gasteiger partial charge in [0.25, 0.3) is 5.91 Å². The topological polar surface area (TPSA) is 108 Å². The Balaban J connectivity index is 1.61. The number of carbonyl (C=O) groups excluding carboxylic acids is 1. The van der Waals surface area contributed by atoms with Crippen molar-refractivity contribution < 1.29 is 14.3 Å². The first kappa shape index (κ1) is 19.1. The lowest BCUT2D eigenvalue weighted by molar-refractivity contribution is 0.0786. The molecule has 0 aliphatic carbocycles.